The highest BCUT2D eigenvalue weighted by Gasteiger charge is 2.23. The Morgan fingerprint density at radius 1 is 1.28 bits per heavy atom. The Bertz CT molecular complexity index is 548. The van der Waals surface area contributed by atoms with Gasteiger partial charge in [-0.3, -0.25) is 0 Å². The van der Waals surface area contributed by atoms with Crippen LogP contribution >= 0.6 is 0 Å². The zero-order valence-electron chi connectivity index (χ0n) is 9.76. The third kappa shape index (κ3) is 2.28. The number of nitriles is 2. The maximum Gasteiger partial charge on any atom is 0.167 e. The van der Waals surface area contributed by atoms with Gasteiger partial charge in [0.2, 0.25) is 0 Å². The van der Waals surface area contributed by atoms with E-state index in [4.69, 9.17) is 15.3 Å². The van der Waals surface area contributed by atoms with Crippen LogP contribution in [0, 0.1) is 28.6 Å². The molecule has 1 aliphatic heterocycles. The molecule has 2 rings (SSSR count). The van der Waals surface area contributed by atoms with Crippen LogP contribution in [0.1, 0.15) is 12.0 Å². The standard InChI is InChI=1S/C14H12N2O2/c15-8-12(9-16)14(17)11-5-6-18-13-4-2-1-3-10(13)7-11/h1-4,11,17H,5-7H2. The molecule has 1 aromatic rings. The summed E-state index contributed by atoms with van der Waals surface area (Å²) in [5, 5.41) is 27.5. The highest BCUT2D eigenvalue weighted by Crippen LogP contribution is 2.30. The number of hydrogen-bond acceptors (Lipinski definition) is 4. The Morgan fingerprint density at radius 2 is 2.00 bits per heavy atom. The lowest BCUT2D eigenvalue weighted by molar-refractivity contribution is 0.267. The molecular weight excluding hydrogens is 228 g/mol. The van der Waals surface area contributed by atoms with Gasteiger partial charge in [0.05, 0.1) is 6.61 Å². The van der Waals surface area contributed by atoms with Gasteiger partial charge in [-0.1, -0.05) is 18.2 Å². The van der Waals surface area contributed by atoms with Gasteiger partial charge < -0.3 is 9.84 Å². The van der Waals surface area contributed by atoms with Crippen LogP contribution in [0.2, 0.25) is 0 Å². The van der Waals surface area contributed by atoms with Crippen LogP contribution in [0.3, 0.4) is 0 Å². The van der Waals surface area contributed by atoms with Crippen molar-refractivity contribution in [3.8, 4) is 17.9 Å². The van der Waals surface area contributed by atoms with Crippen molar-refractivity contribution in [3.63, 3.8) is 0 Å². The molecular formula is C14H12N2O2. The normalized spacial score (nSPS) is 17.3. The summed E-state index contributed by atoms with van der Waals surface area (Å²) in [6.07, 6.45) is 1.17. The van der Waals surface area contributed by atoms with Crippen molar-refractivity contribution in [2.45, 2.75) is 12.8 Å². The van der Waals surface area contributed by atoms with Gasteiger partial charge in [-0.2, -0.15) is 10.5 Å². The molecule has 1 aromatic carbocycles. The Balaban J connectivity index is 2.32. The molecule has 1 heterocycles. The van der Waals surface area contributed by atoms with E-state index in [9.17, 15) is 5.11 Å². The van der Waals surface area contributed by atoms with Gasteiger partial charge in [-0.05, 0) is 24.5 Å². The minimum atomic E-state index is -0.233. The molecule has 0 bridgehead atoms. The number of ether oxygens (including phenoxy) is 1. The molecule has 90 valence electrons. The van der Waals surface area contributed by atoms with Crippen molar-refractivity contribution < 1.29 is 9.84 Å². The SMILES string of the molecule is N#CC(C#N)=C(O)C1CCOc2ccccc2C1. The van der Waals surface area contributed by atoms with E-state index in [-0.39, 0.29) is 17.3 Å². The van der Waals surface area contributed by atoms with Crippen LogP contribution in [-0.2, 0) is 6.42 Å². The van der Waals surface area contributed by atoms with Gasteiger partial charge in [-0.25, -0.2) is 0 Å². The molecule has 4 heteroatoms. The molecule has 0 aliphatic carbocycles. The molecule has 0 saturated carbocycles. The van der Waals surface area contributed by atoms with E-state index in [0.29, 0.717) is 19.4 Å². The van der Waals surface area contributed by atoms with Crippen LogP contribution in [0.5, 0.6) is 5.75 Å². The Morgan fingerprint density at radius 3 is 2.72 bits per heavy atom. The largest absolute Gasteiger partial charge is 0.510 e. The first kappa shape index (κ1) is 12.0. The molecule has 0 spiro atoms. The lowest BCUT2D eigenvalue weighted by Gasteiger charge is -2.12. The summed E-state index contributed by atoms with van der Waals surface area (Å²) in [5.74, 6) is 0.450. The summed E-state index contributed by atoms with van der Waals surface area (Å²) >= 11 is 0. The van der Waals surface area contributed by atoms with Gasteiger partial charge in [0.1, 0.15) is 23.6 Å². The topological polar surface area (TPSA) is 77.0 Å². The van der Waals surface area contributed by atoms with Crippen molar-refractivity contribution >= 4 is 0 Å². The Kier molecular flexibility index (Phi) is 3.50. The quantitative estimate of drug-likeness (QED) is 0.604. The first-order valence-corrected chi connectivity index (χ1v) is 5.70. The van der Waals surface area contributed by atoms with Crippen molar-refractivity contribution in [1.82, 2.24) is 0 Å². The molecule has 0 saturated heterocycles. The number of benzene rings is 1. The number of nitrogens with zero attached hydrogens (tertiary/aromatic N) is 2. The fourth-order valence-corrected chi connectivity index (χ4v) is 2.07. The maximum absolute atomic E-state index is 9.96. The summed E-state index contributed by atoms with van der Waals surface area (Å²) in [7, 11) is 0. The number of rotatable bonds is 1. The van der Waals surface area contributed by atoms with Gasteiger partial charge in [-0.15, -0.1) is 0 Å². The van der Waals surface area contributed by atoms with Crippen molar-refractivity contribution in [3.05, 3.63) is 41.2 Å². The average Bonchev–Trinajstić information content (AvgIpc) is 2.62. The third-order valence-corrected chi connectivity index (χ3v) is 3.03. The molecule has 1 aliphatic rings. The van der Waals surface area contributed by atoms with E-state index >= 15 is 0 Å². The van der Waals surface area contributed by atoms with E-state index in [0.717, 1.165) is 11.3 Å². The summed E-state index contributed by atoms with van der Waals surface area (Å²) < 4.78 is 5.58. The summed E-state index contributed by atoms with van der Waals surface area (Å²) in [6.45, 7) is 0.468. The van der Waals surface area contributed by atoms with E-state index in [1.165, 1.54) is 0 Å². The van der Waals surface area contributed by atoms with Gasteiger partial charge in [0.25, 0.3) is 0 Å². The third-order valence-electron chi connectivity index (χ3n) is 3.03. The highest BCUT2D eigenvalue weighted by molar-refractivity contribution is 5.40. The second-order valence-electron chi connectivity index (χ2n) is 4.13. The first-order valence-electron chi connectivity index (χ1n) is 5.70. The molecule has 4 nitrogen and oxygen atoms in total. The van der Waals surface area contributed by atoms with Gasteiger partial charge in [0.15, 0.2) is 5.57 Å². The van der Waals surface area contributed by atoms with Crippen molar-refractivity contribution in [2.24, 2.45) is 5.92 Å². The van der Waals surface area contributed by atoms with E-state index in [1.807, 2.05) is 24.3 Å². The second-order valence-corrected chi connectivity index (χ2v) is 4.13. The number of para-hydroxylation sites is 1. The predicted octanol–water partition coefficient (Wildman–Crippen LogP) is 2.49. The number of aliphatic hydroxyl groups excluding tert-OH is 1. The van der Waals surface area contributed by atoms with Crippen molar-refractivity contribution in [2.75, 3.05) is 6.61 Å². The Hall–Kier alpha value is -2.46. The summed E-state index contributed by atoms with van der Waals surface area (Å²) in [5.41, 5.74) is 0.779. The number of allylic oxidation sites excluding steroid dienone is 2. The van der Waals surface area contributed by atoms with E-state index < -0.39 is 0 Å². The minimum absolute atomic E-state index is 0.125. The van der Waals surface area contributed by atoms with E-state index in [1.54, 1.807) is 12.1 Å². The minimum Gasteiger partial charge on any atom is -0.510 e. The average molecular weight is 240 g/mol. The molecule has 0 aromatic heterocycles. The zero-order chi connectivity index (χ0) is 13.0. The fraction of sp³-hybridized carbons (Fsp3) is 0.286. The lowest BCUT2D eigenvalue weighted by atomic mass is 9.93. The predicted molar refractivity (Wildman–Crippen MR) is 64.6 cm³/mol. The van der Waals surface area contributed by atoms with Crippen LogP contribution < -0.4 is 4.74 Å². The molecule has 1 atom stereocenters. The zero-order valence-corrected chi connectivity index (χ0v) is 9.76. The highest BCUT2D eigenvalue weighted by atomic mass is 16.5. The smallest absolute Gasteiger partial charge is 0.167 e. The lowest BCUT2D eigenvalue weighted by Crippen LogP contribution is -2.10. The van der Waals surface area contributed by atoms with Crippen LogP contribution in [0.15, 0.2) is 35.6 Å². The Labute approximate surface area is 105 Å². The summed E-state index contributed by atoms with van der Waals surface area (Å²) in [6, 6.07) is 11.1. The monoisotopic (exact) mass is 240 g/mol. The molecule has 0 fully saturated rings. The van der Waals surface area contributed by atoms with Gasteiger partial charge >= 0.3 is 0 Å². The maximum atomic E-state index is 9.96. The van der Waals surface area contributed by atoms with E-state index in [2.05, 4.69) is 0 Å². The fourth-order valence-electron chi connectivity index (χ4n) is 2.07. The first-order chi connectivity index (χ1) is 8.76. The summed E-state index contributed by atoms with van der Waals surface area (Å²) in [4.78, 5) is 0. The number of hydrogen-bond donors (Lipinski definition) is 1. The van der Waals surface area contributed by atoms with Crippen LogP contribution in [-0.4, -0.2) is 11.7 Å². The van der Waals surface area contributed by atoms with Crippen molar-refractivity contribution in [1.29, 1.82) is 10.5 Å². The van der Waals surface area contributed by atoms with Gasteiger partial charge in [0, 0.05) is 5.92 Å². The second kappa shape index (κ2) is 5.25. The molecule has 1 unspecified atom stereocenters. The van der Waals surface area contributed by atoms with Crippen LogP contribution in [0.4, 0.5) is 0 Å². The molecule has 1 N–H and O–H groups in total. The molecule has 18 heavy (non-hydrogen) atoms. The van der Waals surface area contributed by atoms with Crippen LogP contribution in [0.25, 0.3) is 0 Å². The number of fused-ring (bicyclic) bond motifs is 1. The molecule has 0 radical (unpaired) electrons. The molecule has 0 amide bonds. The number of aliphatic hydroxyl groups is 1.